The van der Waals surface area contributed by atoms with Crippen molar-refractivity contribution in [2.24, 2.45) is 22.2 Å². The Hall–Kier alpha value is -1.30. The molecule has 0 heterocycles. The lowest BCUT2D eigenvalue weighted by Crippen LogP contribution is -2.32. The maximum Gasteiger partial charge on any atom is 0.322 e. The molecule has 0 amide bonds. The van der Waals surface area contributed by atoms with Gasteiger partial charge in [-0.1, -0.05) is 13.3 Å². The second-order valence-corrected chi connectivity index (χ2v) is 3.58. The van der Waals surface area contributed by atoms with Crippen molar-refractivity contribution in [3.05, 3.63) is 0 Å². The van der Waals surface area contributed by atoms with Gasteiger partial charge in [0.2, 0.25) is 0 Å². The molecule has 0 aromatic rings. The smallest absolute Gasteiger partial charge is 0.322 e. The Morgan fingerprint density at radius 1 is 1.38 bits per heavy atom. The molecule has 6 heteroatoms. The molecule has 0 spiro atoms. The highest BCUT2D eigenvalue weighted by molar-refractivity contribution is 5.76. The third-order valence-corrected chi connectivity index (χ3v) is 2.01. The number of esters is 1. The molecule has 0 fully saturated rings. The lowest BCUT2D eigenvalue weighted by molar-refractivity contribution is -0.145. The van der Waals surface area contributed by atoms with Gasteiger partial charge in [-0.2, -0.15) is 0 Å². The third-order valence-electron chi connectivity index (χ3n) is 2.01. The summed E-state index contributed by atoms with van der Waals surface area (Å²) in [6.07, 6.45) is 3.06. The van der Waals surface area contributed by atoms with E-state index in [9.17, 15) is 4.79 Å². The van der Waals surface area contributed by atoms with E-state index in [1.54, 1.807) is 0 Å². The van der Waals surface area contributed by atoms with E-state index in [-0.39, 0.29) is 11.9 Å². The van der Waals surface area contributed by atoms with Crippen LogP contribution in [-0.2, 0) is 9.53 Å². The minimum absolute atomic E-state index is 0.0547. The fourth-order valence-electron chi connectivity index (χ4n) is 1.06. The zero-order valence-electron chi connectivity index (χ0n) is 9.82. The molecule has 0 aromatic carbocycles. The minimum atomic E-state index is -0.578. The molecule has 1 atom stereocenters. The van der Waals surface area contributed by atoms with E-state index < -0.39 is 6.04 Å². The minimum Gasteiger partial charge on any atom is -0.465 e. The summed E-state index contributed by atoms with van der Waals surface area (Å²) in [6.45, 7) is 2.96. The van der Waals surface area contributed by atoms with Gasteiger partial charge in [0.25, 0.3) is 0 Å². The van der Waals surface area contributed by atoms with Gasteiger partial charge >= 0.3 is 5.97 Å². The third kappa shape index (κ3) is 8.05. The van der Waals surface area contributed by atoms with Crippen LogP contribution in [0.1, 0.15) is 32.6 Å². The van der Waals surface area contributed by atoms with Crippen molar-refractivity contribution in [1.82, 2.24) is 0 Å². The molecule has 0 saturated heterocycles. The summed E-state index contributed by atoms with van der Waals surface area (Å²) in [5.74, 6) is -0.294. The van der Waals surface area contributed by atoms with Crippen LogP contribution < -0.4 is 17.2 Å². The maximum absolute atomic E-state index is 11.3. The average Bonchev–Trinajstić information content (AvgIpc) is 2.24. The Labute approximate surface area is 96.2 Å². The van der Waals surface area contributed by atoms with Crippen molar-refractivity contribution in [1.29, 1.82) is 0 Å². The number of aliphatic imine (C=N–C) groups is 1. The number of hydrogen-bond donors (Lipinski definition) is 3. The van der Waals surface area contributed by atoms with Crippen molar-refractivity contribution < 1.29 is 9.53 Å². The number of guanidine groups is 1. The molecule has 0 rings (SSSR count). The predicted octanol–water partition coefficient (Wildman–Crippen LogP) is -0.289. The Morgan fingerprint density at radius 2 is 2.06 bits per heavy atom. The van der Waals surface area contributed by atoms with Crippen LogP contribution in [0.2, 0.25) is 0 Å². The lowest BCUT2D eigenvalue weighted by atomic mass is 10.2. The Kier molecular flexibility index (Phi) is 8.24. The molecule has 0 unspecified atom stereocenters. The topological polar surface area (TPSA) is 117 Å². The summed E-state index contributed by atoms with van der Waals surface area (Å²) in [5.41, 5.74) is 15.9. The highest BCUT2D eigenvalue weighted by Crippen LogP contribution is 1.99. The summed E-state index contributed by atoms with van der Waals surface area (Å²) >= 11 is 0. The van der Waals surface area contributed by atoms with Crippen LogP contribution in [0.25, 0.3) is 0 Å². The van der Waals surface area contributed by atoms with Crippen molar-refractivity contribution >= 4 is 11.9 Å². The van der Waals surface area contributed by atoms with Gasteiger partial charge in [0, 0.05) is 6.54 Å². The molecule has 0 aliphatic rings. The largest absolute Gasteiger partial charge is 0.465 e. The molecule has 94 valence electrons. The van der Waals surface area contributed by atoms with Crippen LogP contribution in [0.5, 0.6) is 0 Å². The summed E-state index contributed by atoms with van der Waals surface area (Å²) < 4.78 is 4.97. The molecule has 0 saturated carbocycles. The van der Waals surface area contributed by atoms with Gasteiger partial charge in [0.1, 0.15) is 6.04 Å². The number of rotatable bonds is 8. The first-order chi connectivity index (χ1) is 7.57. The predicted molar refractivity (Wildman–Crippen MR) is 63.8 cm³/mol. The van der Waals surface area contributed by atoms with Gasteiger partial charge in [0.05, 0.1) is 6.61 Å². The van der Waals surface area contributed by atoms with Crippen molar-refractivity contribution in [2.75, 3.05) is 13.2 Å². The zero-order valence-corrected chi connectivity index (χ0v) is 9.82. The molecule has 0 aliphatic carbocycles. The molecule has 0 bridgehead atoms. The Bertz CT molecular complexity index is 227. The first-order valence-electron chi connectivity index (χ1n) is 5.55. The summed E-state index contributed by atoms with van der Waals surface area (Å²) in [4.78, 5) is 15.1. The summed E-state index contributed by atoms with van der Waals surface area (Å²) in [5, 5.41) is 0. The molecule has 6 nitrogen and oxygen atoms in total. The maximum atomic E-state index is 11.3. The molecule has 0 aliphatic heterocycles. The van der Waals surface area contributed by atoms with Gasteiger partial charge in [0.15, 0.2) is 5.96 Å². The number of ether oxygens (including phenoxy) is 1. The quantitative estimate of drug-likeness (QED) is 0.229. The van der Waals surface area contributed by atoms with E-state index in [0.29, 0.717) is 26.0 Å². The van der Waals surface area contributed by atoms with Crippen molar-refractivity contribution in [3.8, 4) is 0 Å². The van der Waals surface area contributed by atoms with E-state index in [1.165, 1.54) is 0 Å². The number of nitrogens with two attached hydrogens (primary N) is 3. The highest BCUT2D eigenvalue weighted by Gasteiger charge is 2.13. The Morgan fingerprint density at radius 3 is 2.62 bits per heavy atom. The number of nitrogens with zero attached hydrogens (tertiary/aromatic N) is 1. The van der Waals surface area contributed by atoms with Crippen LogP contribution >= 0.6 is 0 Å². The Balaban J connectivity index is 3.59. The van der Waals surface area contributed by atoms with E-state index in [0.717, 1.165) is 12.8 Å². The van der Waals surface area contributed by atoms with Crippen LogP contribution in [0.3, 0.4) is 0 Å². The van der Waals surface area contributed by atoms with Crippen LogP contribution in [0.4, 0.5) is 0 Å². The molecular weight excluding hydrogens is 208 g/mol. The number of unbranched alkanes of at least 4 members (excludes halogenated alkanes) is 1. The first kappa shape index (κ1) is 14.7. The van der Waals surface area contributed by atoms with Crippen LogP contribution in [0.15, 0.2) is 4.99 Å². The summed E-state index contributed by atoms with van der Waals surface area (Å²) in [6, 6.07) is -0.578. The standard InChI is InChI=1S/C10H22N4O2/c1-2-3-7-16-9(15)8(11)5-4-6-14-10(12)13/h8H,2-7,11H2,1H3,(H4,12,13,14)/t8-/m0/s1. The number of carbonyl (C=O) groups is 1. The van der Waals surface area contributed by atoms with E-state index >= 15 is 0 Å². The second-order valence-electron chi connectivity index (χ2n) is 3.58. The molecular formula is C10H22N4O2. The van der Waals surface area contributed by atoms with Crippen molar-refractivity contribution in [2.45, 2.75) is 38.6 Å². The number of carbonyl (C=O) groups excluding carboxylic acids is 1. The van der Waals surface area contributed by atoms with Gasteiger partial charge in [-0.25, -0.2) is 0 Å². The molecule has 0 radical (unpaired) electrons. The molecule has 16 heavy (non-hydrogen) atoms. The van der Waals surface area contributed by atoms with E-state index in [2.05, 4.69) is 4.99 Å². The zero-order chi connectivity index (χ0) is 12.4. The van der Waals surface area contributed by atoms with Gasteiger partial charge in [-0.15, -0.1) is 0 Å². The molecule has 6 N–H and O–H groups in total. The van der Waals surface area contributed by atoms with Gasteiger partial charge in [-0.3, -0.25) is 9.79 Å². The fourth-order valence-corrected chi connectivity index (χ4v) is 1.06. The number of hydrogen-bond acceptors (Lipinski definition) is 4. The average molecular weight is 230 g/mol. The fraction of sp³-hybridized carbons (Fsp3) is 0.800. The monoisotopic (exact) mass is 230 g/mol. The highest BCUT2D eigenvalue weighted by atomic mass is 16.5. The van der Waals surface area contributed by atoms with Crippen molar-refractivity contribution in [3.63, 3.8) is 0 Å². The molecule has 0 aromatic heterocycles. The lowest BCUT2D eigenvalue weighted by Gasteiger charge is -2.10. The second kappa shape index (κ2) is 8.96. The van der Waals surface area contributed by atoms with E-state index in [1.807, 2.05) is 6.92 Å². The van der Waals surface area contributed by atoms with Crippen LogP contribution in [0, 0.1) is 0 Å². The van der Waals surface area contributed by atoms with Gasteiger partial charge < -0.3 is 21.9 Å². The van der Waals surface area contributed by atoms with Crippen LogP contribution in [-0.4, -0.2) is 31.1 Å². The normalized spacial score (nSPS) is 11.9. The summed E-state index contributed by atoms with van der Waals surface area (Å²) in [7, 11) is 0. The van der Waals surface area contributed by atoms with Gasteiger partial charge in [-0.05, 0) is 19.3 Å². The first-order valence-corrected chi connectivity index (χ1v) is 5.55. The SMILES string of the molecule is CCCCOC(=O)[C@@H](N)CCCN=C(N)N. The van der Waals surface area contributed by atoms with E-state index in [4.69, 9.17) is 21.9 Å².